The first kappa shape index (κ1) is 23.8. The van der Waals surface area contributed by atoms with Crippen LogP contribution in [0.1, 0.15) is 41.5 Å². The van der Waals surface area contributed by atoms with Crippen LogP contribution in [0, 0.1) is 0 Å². The first-order chi connectivity index (χ1) is 11.2. The molecule has 2 atom stereocenters. The fourth-order valence-corrected chi connectivity index (χ4v) is 2.09. The van der Waals surface area contributed by atoms with Crippen LogP contribution in [0.5, 0.6) is 0 Å². The average Bonchev–Trinajstić information content (AvgIpc) is 2.37. The Morgan fingerprint density at radius 1 is 1.08 bits per heavy atom. The van der Waals surface area contributed by atoms with Crippen molar-refractivity contribution in [2.24, 2.45) is 5.73 Å². The zero-order valence-corrected chi connectivity index (χ0v) is 16.4. The molecule has 0 aromatic heterocycles. The molecule has 0 saturated carbocycles. The standard InChI is InChI=1S/C14H29N2O8P/c1-13(2,3)23-11(17)10(16-12(18)24-14(4,5)6)9-22-25(19,20)21-8-7-15/h10H,7-9,15H2,1-6H3,(H,16,18)(H,19,20)/p-1. The van der Waals surface area contributed by atoms with E-state index in [1.807, 2.05) is 0 Å². The third-order valence-electron chi connectivity index (χ3n) is 2.15. The van der Waals surface area contributed by atoms with E-state index in [-0.39, 0.29) is 13.2 Å². The molecule has 0 saturated heterocycles. The second-order valence-corrected chi connectivity index (χ2v) is 8.51. The number of phosphoric acid groups is 1. The fourth-order valence-electron chi connectivity index (χ4n) is 1.36. The molecule has 11 heteroatoms. The number of ether oxygens (including phenoxy) is 2. The van der Waals surface area contributed by atoms with Crippen molar-refractivity contribution in [3.05, 3.63) is 0 Å². The Bertz CT molecular complexity index is 498. The van der Waals surface area contributed by atoms with E-state index in [0.29, 0.717) is 0 Å². The number of carbonyl (C=O) groups is 2. The highest BCUT2D eigenvalue weighted by Gasteiger charge is 2.30. The van der Waals surface area contributed by atoms with Crippen LogP contribution in [-0.2, 0) is 27.9 Å². The molecule has 3 N–H and O–H groups in total. The van der Waals surface area contributed by atoms with Crippen molar-refractivity contribution in [3.8, 4) is 0 Å². The number of nitrogens with two attached hydrogens (primary N) is 1. The van der Waals surface area contributed by atoms with Gasteiger partial charge in [0.25, 0.3) is 7.82 Å². The van der Waals surface area contributed by atoms with Crippen LogP contribution >= 0.6 is 7.82 Å². The first-order valence-electron chi connectivity index (χ1n) is 7.68. The Hall–Kier alpha value is -1.19. The first-order valence-corrected chi connectivity index (χ1v) is 9.14. The average molecular weight is 383 g/mol. The summed E-state index contributed by atoms with van der Waals surface area (Å²) in [5.41, 5.74) is 3.50. The van der Waals surface area contributed by atoms with Crippen LogP contribution < -0.4 is 15.9 Å². The predicted octanol–water partition coefficient (Wildman–Crippen LogP) is 0.682. The summed E-state index contributed by atoms with van der Waals surface area (Å²) in [5, 5.41) is 2.22. The maximum atomic E-state index is 12.2. The summed E-state index contributed by atoms with van der Waals surface area (Å²) in [6.07, 6.45) is -0.921. The van der Waals surface area contributed by atoms with Crippen LogP contribution in [0.3, 0.4) is 0 Å². The molecule has 25 heavy (non-hydrogen) atoms. The lowest BCUT2D eigenvalue weighted by molar-refractivity contribution is -0.225. The lowest BCUT2D eigenvalue weighted by Crippen LogP contribution is -2.48. The molecular weight excluding hydrogens is 355 g/mol. The molecule has 0 heterocycles. The summed E-state index contributed by atoms with van der Waals surface area (Å²) < 4.78 is 30.8. The van der Waals surface area contributed by atoms with Crippen molar-refractivity contribution in [1.82, 2.24) is 5.32 Å². The van der Waals surface area contributed by atoms with Gasteiger partial charge in [0.2, 0.25) is 0 Å². The van der Waals surface area contributed by atoms with Crippen LogP contribution in [0.2, 0.25) is 0 Å². The highest BCUT2D eigenvalue weighted by atomic mass is 31.2. The number of hydrogen-bond acceptors (Lipinski definition) is 9. The monoisotopic (exact) mass is 383 g/mol. The van der Waals surface area contributed by atoms with Gasteiger partial charge in [-0.3, -0.25) is 4.57 Å². The molecule has 10 nitrogen and oxygen atoms in total. The van der Waals surface area contributed by atoms with Crippen molar-refractivity contribution < 1.29 is 37.6 Å². The molecule has 0 aliphatic heterocycles. The summed E-state index contributed by atoms with van der Waals surface area (Å²) in [6, 6.07) is -1.40. The number of hydrogen-bond donors (Lipinski definition) is 2. The Kier molecular flexibility index (Phi) is 9.04. The minimum absolute atomic E-state index is 0.0265. The largest absolute Gasteiger partial charge is 0.756 e. The van der Waals surface area contributed by atoms with Gasteiger partial charge >= 0.3 is 12.1 Å². The topological polar surface area (TPSA) is 149 Å². The molecule has 0 aliphatic carbocycles. The van der Waals surface area contributed by atoms with Crippen LogP contribution in [0.15, 0.2) is 0 Å². The number of rotatable bonds is 8. The molecule has 0 rings (SSSR count). The van der Waals surface area contributed by atoms with Gasteiger partial charge in [0, 0.05) is 6.54 Å². The normalized spacial score (nSPS) is 15.8. The Balaban J connectivity index is 4.98. The van der Waals surface area contributed by atoms with Crippen LogP contribution in [0.4, 0.5) is 4.79 Å². The van der Waals surface area contributed by atoms with Crippen LogP contribution in [0.25, 0.3) is 0 Å². The van der Waals surface area contributed by atoms with E-state index in [2.05, 4.69) is 14.4 Å². The highest BCUT2D eigenvalue weighted by Crippen LogP contribution is 2.37. The third-order valence-corrected chi connectivity index (χ3v) is 3.11. The fraction of sp³-hybridized carbons (Fsp3) is 0.857. The van der Waals surface area contributed by atoms with E-state index in [1.54, 1.807) is 41.5 Å². The van der Waals surface area contributed by atoms with E-state index in [4.69, 9.17) is 15.2 Å². The van der Waals surface area contributed by atoms with Crippen molar-refractivity contribution in [3.63, 3.8) is 0 Å². The third kappa shape index (κ3) is 12.8. The second-order valence-electron chi connectivity index (χ2n) is 7.10. The molecule has 148 valence electrons. The maximum Gasteiger partial charge on any atom is 0.408 e. The van der Waals surface area contributed by atoms with Crippen molar-refractivity contribution >= 4 is 19.9 Å². The zero-order valence-electron chi connectivity index (χ0n) is 15.5. The molecule has 0 fully saturated rings. The summed E-state index contributed by atoms with van der Waals surface area (Å²) in [7, 11) is -4.67. The summed E-state index contributed by atoms with van der Waals surface area (Å²) in [6.45, 7) is 8.78. The minimum atomic E-state index is -4.67. The quantitative estimate of drug-likeness (QED) is 0.455. The summed E-state index contributed by atoms with van der Waals surface area (Å²) in [5.74, 6) is -0.878. The van der Waals surface area contributed by atoms with Gasteiger partial charge in [-0.15, -0.1) is 0 Å². The second kappa shape index (κ2) is 9.49. The van der Waals surface area contributed by atoms with Gasteiger partial charge in [-0.05, 0) is 41.5 Å². The SMILES string of the molecule is CC(C)(C)OC(=O)NC(COP(=O)([O-])OCCN)C(=O)OC(C)(C)C. The van der Waals surface area contributed by atoms with Crippen molar-refractivity contribution in [1.29, 1.82) is 0 Å². The van der Waals surface area contributed by atoms with E-state index < -0.39 is 43.7 Å². The number of carbonyl (C=O) groups excluding carboxylic acids is 2. The Morgan fingerprint density at radius 3 is 2.04 bits per heavy atom. The number of nitrogens with one attached hydrogen (secondary N) is 1. The minimum Gasteiger partial charge on any atom is -0.756 e. The van der Waals surface area contributed by atoms with Gasteiger partial charge in [0.15, 0.2) is 6.04 Å². The van der Waals surface area contributed by atoms with E-state index in [0.717, 1.165) is 0 Å². The van der Waals surface area contributed by atoms with Gasteiger partial charge < -0.3 is 34.5 Å². The number of amides is 1. The Labute approximate surface area is 147 Å². The molecule has 0 bridgehead atoms. The number of esters is 1. The van der Waals surface area contributed by atoms with E-state index >= 15 is 0 Å². The van der Waals surface area contributed by atoms with Gasteiger partial charge in [-0.25, -0.2) is 9.59 Å². The van der Waals surface area contributed by atoms with Gasteiger partial charge in [0.05, 0.1) is 13.2 Å². The summed E-state index contributed by atoms with van der Waals surface area (Å²) in [4.78, 5) is 35.6. The van der Waals surface area contributed by atoms with E-state index in [1.165, 1.54) is 0 Å². The van der Waals surface area contributed by atoms with E-state index in [9.17, 15) is 19.0 Å². The Morgan fingerprint density at radius 2 is 1.60 bits per heavy atom. The summed E-state index contributed by atoms with van der Waals surface area (Å²) >= 11 is 0. The van der Waals surface area contributed by atoms with Gasteiger partial charge in [-0.1, -0.05) is 0 Å². The molecule has 0 aromatic rings. The molecular formula is C14H28N2O8P-. The molecule has 0 spiro atoms. The molecule has 0 aromatic carbocycles. The molecule has 0 radical (unpaired) electrons. The van der Waals surface area contributed by atoms with Crippen molar-refractivity contribution in [2.75, 3.05) is 19.8 Å². The van der Waals surface area contributed by atoms with Gasteiger partial charge in [0.1, 0.15) is 11.2 Å². The van der Waals surface area contributed by atoms with Crippen LogP contribution in [-0.4, -0.2) is 49.1 Å². The lowest BCUT2D eigenvalue weighted by atomic mass is 10.2. The predicted molar refractivity (Wildman–Crippen MR) is 87.6 cm³/mol. The maximum absolute atomic E-state index is 12.2. The molecule has 2 unspecified atom stereocenters. The highest BCUT2D eigenvalue weighted by molar-refractivity contribution is 7.45. The number of alkyl carbamates (subject to hydrolysis) is 1. The smallest absolute Gasteiger partial charge is 0.408 e. The zero-order chi connectivity index (χ0) is 19.9. The molecule has 0 aliphatic rings. The lowest BCUT2D eigenvalue weighted by Gasteiger charge is -2.28. The molecule has 1 amide bonds. The number of phosphoric ester groups is 1. The van der Waals surface area contributed by atoms with Crippen molar-refractivity contribution in [2.45, 2.75) is 58.8 Å². The van der Waals surface area contributed by atoms with Gasteiger partial charge in [-0.2, -0.15) is 0 Å².